The third-order valence-electron chi connectivity index (χ3n) is 4.65. The van der Waals surface area contributed by atoms with E-state index in [1.54, 1.807) is 0 Å². The standard InChI is InChI=1S/C21H32F3N3O2.HI/c1-3-25-20(26-10-5-4-9-21(22,23)24)27-13-18-7-6-16(2)12-19(18)29-15-17-8-11-28-14-17;/h6-7,12,17H,3-5,8-11,13-15H2,1-2H3,(H2,25,26,27);1H. The molecular weight excluding hydrogens is 510 g/mol. The lowest BCUT2D eigenvalue weighted by Gasteiger charge is -2.15. The lowest BCUT2D eigenvalue weighted by atomic mass is 10.1. The lowest BCUT2D eigenvalue weighted by Crippen LogP contribution is -2.37. The van der Waals surface area contributed by atoms with Crippen LogP contribution in [0.15, 0.2) is 23.2 Å². The molecule has 0 bridgehead atoms. The summed E-state index contributed by atoms with van der Waals surface area (Å²) in [5.74, 6) is 1.83. The van der Waals surface area contributed by atoms with E-state index in [4.69, 9.17) is 9.47 Å². The monoisotopic (exact) mass is 543 g/mol. The summed E-state index contributed by atoms with van der Waals surface area (Å²) in [7, 11) is 0. The quantitative estimate of drug-likeness (QED) is 0.193. The molecule has 0 amide bonds. The summed E-state index contributed by atoms with van der Waals surface area (Å²) in [6.45, 7) is 7.67. The minimum atomic E-state index is -4.09. The SMILES string of the molecule is CCNC(=NCc1ccc(C)cc1OCC1CCOC1)NCCCCC(F)(F)F.I. The smallest absolute Gasteiger partial charge is 0.389 e. The summed E-state index contributed by atoms with van der Waals surface area (Å²) in [5.41, 5.74) is 2.09. The van der Waals surface area contributed by atoms with Crippen LogP contribution >= 0.6 is 24.0 Å². The molecule has 0 saturated carbocycles. The van der Waals surface area contributed by atoms with Crippen molar-refractivity contribution in [3.8, 4) is 5.75 Å². The Morgan fingerprint density at radius 3 is 2.73 bits per heavy atom. The molecule has 0 spiro atoms. The number of unbranched alkanes of at least 4 members (excludes halogenated alkanes) is 1. The van der Waals surface area contributed by atoms with Gasteiger partial charge in [-0.2, -0.15) is 13.2 Å². The van der Waals surface area contributed by atoms with Gasteiger partial charge in [-0.15, -0.1) is 24.0 Å². The van der Waals surface area contributed by atoms with E-state index in [9.17, 15) is 13.2 Å². The molecule has 2 rings (SSSR count). The largest absolute Gasteiger partial charge is 0.493 e. The second-order valence-corrected chi connectivity index (χ2v) is 7.35. The van der Waals surface area contributed by atoms with Crippen molar-refractivity contribution in [2.75, 3.05) is 32.9 Å². The van der Waals surface area contributed by atoms with Crippen LogP contribution in [0.5, 0.6) is 5.75 Å². The molecular formula is C21H33F3IN3O2. The van der Waals surface area contributed by atoms with Gasteiger partial charge in [-0.25, -0.2) is 4.99 Å². The Labute approximate surface area is 194 Å². The molecule has 1 heterocycles. The molecule has 1 aromatic carbocycles. The van der Waals surface area contributed by atoms with Gasteiger partial charge in [0.2, 0.25) is 0 Å². The van der Waals surface area contributed by atoms with Crippen LogP contribution in [0.1, 0.15) is 43.7 Å². The topological polar surface area (TPSA) is 54.9 Å². The fraction of sp³-hybridized carbons (Fsp3) is 0.667. The van der Waals surface area contributed by atoms with E-state index in [1.807, 2.05) is 32.0 Å². The zero-order chi connectivity index (χ0) is 21.1. The van der Waals surface area contributed by atoms with Crippen LogP contribution < -0.4 is 15.4 Å². The first kappa shape index (κ1) is 26.8. The van der Waals surface area contributed by atoms with Crippen LogP contribution in [0.2, 0.25) is 0 Å². The first-order valence-corrected chi connectivity index (χ1v) is 10.3. The second-order valence-electron chi connectivity index (χ2n) is 7.35. The Hall–Kier alpha value is -1.23. The number of hydrogen-bond donors (Lipinski definition) is 2. The molecule has 1 fully saturated rings. The van der Waals surface area contributed by atoms with Gasteiger partial charge in [-0.05, 0) is 44.7 Å². The van der Waals surface area contributed by atoms with Crippen LogP contribution in [-0.4, -0.2) is 45.0 Å². The van der Waals surface area contributed by atoms with E-state index in [0.29, 0.717) is 44.5 Å². The van der Waals surface area contributed by atoms with Crippen molar-refractivity contribution in [2.24, 2.45) is 10.9 Å². The highest BCUT2D eigenvalue weighted by Crippen LogP contribution is 2.24. The highest BCUT2D eigenvalue weighted by molar-refractivity contribution is 14.0. The molecule has 1 aliphatic rings. The van der Waals surface area contributed by atoms with Gasteiger partial charge < -0.3 is 20.1 Å². The fourth-order valence-electron chi connectivity index (χ4n) is 3.01. The number of aliphatic imine (C=N–C) groups is 1. The summed E-state index contributed by atoms with van der Waals surface area (Å²) in [4.78, 5) is 4.57. The maximum Gasteiger partial charge on any atom is 0.389 e. The molecule has 1 unspecified atom stereocenters. The van der Waals surface area contributed by atoms with E-state index in [1.165, 1.54) is 0 Å². The van der Waals surface area contributed by atoms with Gasteiger partial charge in [0.1, 0.15) is 5.75 Å². The van der Waals surface area contributed by atoms with Crippen LogP contribution in [0.4, 0.5) is 13.2 Å². The minimum Gasteiger partial charge on any atom is -0.493 e. The predicted molar refractivity (Wildman–Crippen MR) is 124 cm³/mol. The number of guanidine groups is 1. The Morgan fingerprint density at radius 2 is 2.07 bits per heavy atom. The number of nitrogens with zero attached hydrogens (tertiary/aromatic N) is 1. The normalized spacial score (nSPS) is 16.8. The van der Waals surface area contributed by atoms with Crippen molar-refractivity contribution in [3.05, 3.63) is 29.3 Å². The van der Waals surface area contributed by atoms with Crippen LogP contribution in [0.25, 0.3) is 0 Å². The molecule has 2 N–H and O–H groups in total. The van der Waals surface area contributed by atoms with E-state index < -0.39 is 12.6 Å². The lowest BCUT2D eigenvalue weighted by molar-refractivity contribution is -0.135. The molecule has 172 valence electrons. The molecule has 0 radical (unpaired) electrons. The van der Waals surface area contributed by atoms with Crippen molar-refractivity contribution >= 4 is 29.9 Å². The summed E-state index contributed by atoms with van der Waals surface area (Å²) >= 11 is 0. The zero-order valence-electron chi connectivity index (χ0n) is 17.7. The zero-order valence-corrected chi connectivity index (χ0v) is 20.0. The molecule has 30 heavy (non-hydrogen) atoms. The van der Waals surface area contributed by atoms with E-state index in [2.05, 4.69) is 15.6 Å². The summed E-state index contributed by atoms with van der Waals surface area (Å²) in [5, 5.41) is 6.23. The average molecular weight is 543 g/mol. The summed E-state index contributed by atoms with van der Waals surface area (Å²) in [6, 6.07) is 6.04. The summed E-state index contributed by atoms with van der Waals surface area (Å²) in [6.07, 6.45) is -3.28. The molecule has 5 nitrogen and oxygen atoms in total. The van der Waals surface area contributed by atoms with Gasteiger partial charge in [0, 0.05) is 37.6 Å². The second kappa shape index (κ2) is 14.0. The van der Waals surface area contributed by atoms with Gasteiger partial charge >= 0.3 is 6.18 Å². The molecule has 0 aromatic heterocycles. The maximum atomic E-state index is 12.2. The van der Waals surface area contributed by atoms with Crippen molar-refractivity contribution < 1.29 is 22.6 Å². The number of rotatable bonds is 10. The minimum absolute atomic E-state index is 0. The van der Waals surface area contributed by atoms with Crippen LogP contribution in [0, 0.1) is 12.8 Å². The van der Waals surface area contributed by atoms with E-state index >= 15 is 0 Å². The van der Waals surface area contributed by atoms with Crippen LogP contribution in [-0.2, 0) is 11.3 Å². The Balaban J connectivity index is 0.00000450. The number of nitrogens with one attached hydrogen (secondary N) is 2. The van der Waals surface area contributed by atoms with Crippen molar-refractivity contribution in [1.82, 2.24) is 10.6 Å². The summed E-state index contributed by atoms with van der Waals surface area (Å²) < 4.78 is 48.1. The molecule has 1 atom stereocenters. The van der Waals surface area contributed by atoms with E-state index in [0.717, 1.165) is 36.5 Å². The number of aryl methyl sites for hydroxylation is 1. The predicted octanol–water partition coefficient (Wildman–Crippen LogP) is 4.82. The Bertz CT molecular complexity index is 651. The average Bonchev–Trinajstić information content (AvgIpc) is 3.17. The van der Waals surface area contributed by atoms with Gasteiger partial charge in [0.15, 0.2) is 5.96 Å². The third kappa shape index (κ3) is 10.7. The number of ether oxygens (including phenoxy) is 2. The Kier molecular flexibility index (Phi) is 12.5. The van der Waals surface area contributed by atoms with E-state index in [-0.39, 0.29) is 30.4 Å². The van der Waals surface area contributed by atoms with Crippen molar-refractivity contribution in [2.45, 2.75) is 52.3 Å². The molecule has 1 saturated heterocycles. The van der Waals surface area contributed by atoms with Gasteiger partial charge in [-0.3, -0.25) is 0 Å². The van der Waals surface area contributed by atoms with Crippen molar-refractivity contribution in [3.63, 3.8) is 0 Å². The number of benzene rings is 1. The fourth-order valence-corrected chi connectivity index (χ4v) is 3.01. The first-order chi connectivity index (χ1) is 13.9. The molecule has 1 aliphatic heterocycles. The Morgan fingerprint density at radius 1 is 1.27 bits per heavy atom. The number of halogens is 4. The molecule has 9 heteroatoms. The number of alkyl halides is 3. The molecule has 0 aliphatic carbocycles. The highest BCUT2D eigenvalue weighted by Gasteiger charge is 2.25. The van der Waals surface area contributed by atoms with Gasteiger partial charge in [-0.1, -0.05) is 12.1 Å². The van der Waals surface area contributed by atoms with Gasteiger partial charge in [0.25, 0.3) is 0 Å². The van der Waals surface area contributed by atoms with Gasteiger partial charge in [0.05, 0.1) is 19.8 Å². The van der Waals surface area contributed by atoms with Crippen LogP contribution in [0.3, 0.4) is 0 Å². The molecule has 1 aromatic rings. The first-order valence-electron chi connectivity index (χ1n) is 10.3. The van der Waals surface area contributed by atoms with Crippen molar-refractivity contribution in [1.29, 1.82) is 0 Å². The maximum absolute atomic E-state index is 12.2. The highest BCUT2D eigenvalue weighted by atomic mass is 127. The number of hydrogen-bond acceptors (Lipinski definition) is 3. The third-order valence-corrected chi connectivity index (χ3v) is 4.65.